The number of amides is 1. The highest BCUT2D eigenvalue weighted by Crippen LogP contribution is 2.27. The second-order valence-corrected chi connectivity index (χ2v) is 7.87. The zero-order valence-corrected chi connectivity index (χ0v) is 18.5. The van der Waals surface area contributed by atoms with Crippen LogP contribution in [0.25, 0.3) is 11.0 Å². The molecule has 0 radical (unpaired) electrons. The molecule has 2 aromatic carbocycles. The summed E-state index contributed by atoms with van der Waals surface area (Å²) >= 11 is 6.19. The normalized spacial score (nSPS) is 12.2. The first kappa shape index (κ1) is 20.9. The summed E-state index contributed by atoms with van der Waals surface area (Å²) < 4.78 is 12.6. The lowest BCUT2D eigenvalue weighted by Crippen LogP contribution is -2.29. The Morgan fingerprint density at radius 1 is 1.26 bits per heavy atom. The van der Waals surface area contributed by atoms with Crippen molar-refractivity contribution in [3.05, 3.63) is 75.9 Å². The number of nitrogens with zero attached hydrogens (tertiary/aromatic N) is 3. The van der Waals surface area contributed by atoms with E-state index < -0.39 is 0 Å². The number of hydrogen-bond donors (Lipinski definition) is 1. The van der Waals surface area contributed by atoms with Gasteiger partial charge < -0.3 is 19.1 Å². The third-order valence-electron chi connectivity index (χ3n) is 5.21. The molecule has 1 atom stereocenters. The first-order chi connectivity index (χ1) is 14.9. The maximum absolute atomic E-state index is 12.9. The quantitative estimate of drug-likeness (QED) is 0.465. The van der Waals surface area contributed by atoms with Crippen molar-refractivity contribution in [2.24, 2.45) is 0 Å². The van der Waals surface area contributed by atoms with E-state index in [0.29, 0.717) is 28.6 Å². The summed E-state index contributed by atoms with van der Waals surface area (Å²) in [6.07, 6.45) is 0. The van der Waals surface area contributed by atoms with Crippen LogP contribution in [0, 0.1) is 13.8 Å². The van der Waals surface area contributed by atoms with Crippen molar-refractivity contribution in [1.82, 2.24) is 20.0 Å². The molecule has 0 aliphatic rings. The zero-order chi connectivity index (χ0) is 22.1. The molecule has 0 fully saturated rings. The molecule has 31 heavy (non-hydrogen) atoms. The average molecular weight is 439 g/mol. The molecule has 1 N–H and O–H groups in total. The Morgan fingerprint density at radius 3 is 2.74 bits per heavy atom. The topological polar surface area (TPSA) is 82.2 Å². The Labute approximate surface area is 185 Å². The van der Waals surface area contributed by atoms with Gasteiger partial charge >= 0.3 is 0 Å². The van der Waals surface area contributed by atoms with Gasteiger partial charge in [-0.25, -0.2) is 4.98 Å². The van der Waals surface area contributed by atoms with E-state index in [9.17, 15) is 4.79 Å². The molecule has 8 heteroatoms. The van der Waals surface area contributed by atoms with Gasteiger partial charge in [-0.15, -0.1) is 0 Å². The smallest absolute Gasteiger partial charge is 0.257 e. The van der Waals surface area contributed by atoms with Crippen molar-refractivity contribution in [2.45, 2.75) is 33.4 Å². The Bertz CT molecular complexity index is 1240. The summed E-state index contributed by atoms with van der Waals surface area (Å²) in [7, 11) is 1.63. The first-order valence-corrected chi connectivity index (χ1v) is 10.3. The fraction of sp³-hybridized carbons (Fsp3) is 0.261. The van der Waals surface area contributed by atoms with Crippen molar-refractivity contribution in [3.8, 4) is 5.75 Å². The van der Waals surface area contributed by atoms with E-state index in [-0.39, 0.29) is 11.9 Å². The van der Waals surface area contributed by atoms with Gasteiger partial charge in [0, 0.05) is 17.6 Å². The number of benzene rings is 2. The van der Waals surface area contributed by atoms with Crippen LogP contribution in [0.2, 0.25) is 5.02 Å². The number of halogens is 1. The summed E-state index contributed by atoms with van der Waals surface area (Å²) in [5.74, 6) is 1.70. The maximum Gasteiger partial charge on any atom is 0.257 e. The third kappa shape index (κ3) is 4.14. The Kier molecular flexibility index (Phi) is 5.69. The minimum absolute atomic E-state index is 0.248. The highest BCUT2D eigenvalue weighted by Gasteiger charge is 2.23. The summed E-state index contributed by atoms with van der Waals surface area (Å²) in [6.45, 7) is 5.92. The number of methoxy groups -OCH3 is 1. The number of carbonyl (C=O) groups is 1. The standard InChI is InChI=1S/C23H23ClN4O3/c1-13-21(15(3)31-27-13)23(29)25-14(2)22-26-19-9-8-18(30-4)11-20(19)28(22)12-16-6-5-7-17(24)10-16/h5-11,14H,12H2,1-4H3,(H,25,29). The van der Waals surface area contributed by atoms with E-state index in [1.165, 1.54) is 0 Å². The number of rotatable bonds is 6. The minimum Gasteiger partial charge on any atom is -0.497 e. The van der Waals surface area contributed by atoms with E-state index in [1.807, 2.05) is 49.4 Å². The zero-order valence-electron chi connectivity index (χ0n) is 17.8. The first-order valence-electron chi connectivity index (χ1n) is 9.89. The summed E-state index contributed by atoms with van der Waals surface area (Å²) in [5, 5.41) is 7.56. The molecule has 0 aliphatic carbocycles. The molecule has 2 heterocycles. The minimum atomic E-state index is -0.362. The van der Waals surface area contributed by atoms with Gasteiger partial charge in [-0.05, 0) is 50.6 Å². The number of ether oxygens (including phenoxy) is 1. The van der Waals surface area contributed by atoms with Gasteiger partial charge in [-0.3, -0.25) is 4.79 Å². The number of fused-ring (bicyclic) bond motifs is 1. The predicted octanol–water partition coefficient (Wildman–Crippen LogP) is 4.84. The van der Waals surface area contributed by atoms with Crippen molar-refractivity contribution in [2.75, 3.05) is 7.11 Å². The second kappa shape index (κ2) is 8.43. The van der Waals surface area contributed by atoms with Gasteiger partial charge in [-0.1, -0.05) is 28.9 Å². The molecule has 1 unspecified atom stereocenters. The summed E-state index contributed by atoms with van der Waals surface area (Å²) in [4.78, 5) is 17.7. The van der Waals surface area contributed by atoms with E-state index in [4.69, 9.17) is 25.8 Å². The fourth-order valence-corrected chi connectivity index (χ4v) is 3.92. The summed E-state index contributed by atoms with van der Waals surface area (Å²) in [6, 6.07) is 13.1. The largest absolute Gasteiger partial charge is 0.497 e. The molecule has 0 aliphatic heterocycles. The number of hydrogen-bond acceptors (Lipinski definition) is 5. The van der Waals surface area contributed by atoms with Crippen molar-refractivity contribution in [3.63, 3.8) is 0 Å². The lowest BCUT2D eigenvalue weighted by atomic mass is 10.1. The van der Waals surface area contributed by atoms with Gasteiger partial charge in [0.2, 0.25) is 0 Å². The van der Waals surface area contributed by atoms with Crippen LogP contribution in [0.3, 0.4) is 0 Å². The van der Waals surface area contributed by atoms with Crippen LogP contribution in [0.15, 0.2) is 47.0 Å². The Hall–Kier alpha value is -3.32. The van der Waals surface area contributed by atoms with Gasteiger partial charge in [0.05, 0.1) is 29.9 Å². The van der Waals surface area contributed by atoms with Crippen molar-refractivity contribution in [1.29, 1.82) is 0 Å². The van der Waals surface area contributed by atoms with Crippen LogP contribution >= 0.6 is 11.6 Å². The highest BCUT2D eigenvalue weighted by molar-refractivity contribution is 6.30. The molecule has 160 valence electrons. The summed E-state index contributed by atoms with van der Waals surface area (Å²) in [5.41, 5.74) is 3.76. The van der Waals surface area contributed by atoms with Gasteiger partial charge in [-0.2, -0.15) is 0 Å². The predicted molar refractivity (Wildman–Crippen MR) is 119 cm³/mol. The van der Waals surface area contributed by atoms with Gasteiger partial charge in [0.15, 0.2) is 0 Å². The Balaban J connectivity index is 1.74. The number of aromatic nitrogens is 3. The average Bonchev–Trinajstić information content (AvgIpc) is 3.27. The molecule has 2 aromatic heterocycles. The molecule has 1 amide bonds. The van der Waals surface area contributed by atoms with Crippen LogP contribution in [0.5, 0.6) is 5.75 Å². The Morgan fingerprint density at radius 2 is 2.06 bits per heavy atom. The maximum atomic E-state index is 12.9. The number of aryl methyl sites for hydroxylation is 2. The molecule has 4 rings (SSSR count). The highest BCUT2D eigenvalue weighted by atomic mass is 35.5. The molecule has 0 spiro atoms. The lowest BCUT2D eigenvalue weighted by Gasteiger charge is -2.17. The van der Waals surface area contributed by atoms with Crippen molar-refractivity contribution < 1.29 is 14.1 Å². The van der Waals surface area contributed by atoms with E-state index in [2.05, 4.69) is 15.0 Å². The molecular weight excluding hydrogens is 416 g/mol. The van der Waals surface area contributed by atoms with Crippen LogP contribution in [-0.4, -0.2) is 27.7 Å². The van der Waals surface area contributed by atoms with Gasteiger partial charge in [0.1, 0.15) is 22.9 Å². The number of carbonyl (C=O) groups excluding carboxylic acids is 1. The molecule has 4 aromatic rings. The molecular formula is C23H23ClN4O3. The van der Waals surface area contributed by atoms with Crippen LogP contribution in [0.4, 0.5) is 0 Å². The van der Waals surface area contributed by atoms with Crippen LogP contribution in [0.1, 0.15) is 46.2 Å². The van der Waals surface area contributed by atoms with E-state index in [1.54, 1.807) is 21.0 Å². The molecule has 0 bridgehead atoms. The lowest BCUT2D eigenvalue weighted by molar-refractivity contribution is 0.0935. The van der Waals surface area contributed by atoms with Crippen LogP contribution < -0.4 is 10.1 Å². The van der Waals surface area contributed by atoms with E-state index >= 15 is 0 Å². The molecule has 0 saturated heterocycles. The van der Waals surface area contributed by atoms with Gasteiger partial charge in [0.25, 0.3) is 5.91 Å². The second-order valence-electron chi connectivity index (χ2n) is 7.44. The monoisotopic (exact) mass is 438 g/mol. The van der Waals surface area contributed by atoms with E-state index in [0.717, 1.165) is 28.2 Å². The number of nitrogens with one attached hydrogen (secondary N) is 1. The molecule has 0 saturated carbocycles. The SMILES string of the molecule is COc1ccc2nc(C(C)NC(=O)c3c(C)noc3C)n(Cc3cccc(Cl)c3)c2c1. The fourth-order valence-electron chi connectivity index (χ4n) is 3.70. The van der Waals surface area contributed by atoms with Crippen LogP contribution in [-0.2, 0) is 6.54 Å². The molecule has 7 nitrogen and oxygen atoms in total. The number of imidazole rings is 1. The third-order valence-corrected chi connectivity index (χ3v) is 5.45. The van der Waals surface area contributed by atoms with Crippen molar-refractivity contribution >= 4 is 28.5 Å².